The Morgan fingerprint density at radius 2 is 1.96 bits per heavy atom. The van der Waals surface area contributed by atoms with E-state index in [0.29, 0.717) is 32.5 Å². The first-order chi connectivity index (χ1) is 12.7. The third-order valence-corrected chi connectivity index (χ3v) is 6.25. The van der Waals surface area contributed by atoms with Crippen molar-refractivity contribution >= 4 is 21.8 Å². The fourth-order valence-corrected chi connectivity index (χ4v) is 3.88. The predicted octanol–water partition coefficient (Wildman–Crippen LogP) is 1.05. The maximum absolute atomic E-state index is 12.5. The number of piperidine rings is 1. The van der Waals surface area contributed by atoms with Crippen LogP contribution in [0, 0.1) is 12.8 Å². The van der Waals surface area contributed by atoms with Gasteiger partial charge >= 0.3 is 0 Å². The van der Waals surface area contributed by atoms with Gasteiger partial charge in [-0.15, -0.1) is 0 Å². The predicted molar refractivity (Wildman–Crippen MR) is 106 cm³/mol. The second-order valence-corrected chi connectivity index (χ2v) is 8.87. The minimum atomic E-state index is -3.42. The molecule has 27 heavy (non-hydrogen) atoms. The van der Waals surface area contributed by atoms with Crippen LogP contribution in [0.3, 0.4) is 0 Å². The van der Waals surface area contributed by atoms with Crippen LogP contribution in [0.1, 0.15) is 18.4 Å². The molecule has 1 aliphatic heterocycles. The topological polar surface area (TPSA) is 91.0 Å². The van der Waals surface area contributed by atoms with Crippen LogP contribution in [0.25, 0.3) is 0 Å². The summed E-state index contributed by atoms with van der Waals surface area (Å²) in [4.78, 5) is 14.6. The van der Waals surface area contributed by atoms with Crippen molar-refractivity contribution in [3.05, 3.63) is 23.8 Å². The van der Waals surface area contributed by atoms with Crippen LogP contribution in [0.4, 0.5) is 5.69 Å². The molecule has 0 atom stereocenters. The number of carbonyl (C=O) groups excluding carboxylic acids is 1. The Balaban J connectivity index is 1.89. The van der Waals surface area contributed by atoms with Gasteiger partial charge in [-0.05, 0) is 57.6 Å². The summed E-state index contributed by atoms with van der Waals surface area (Å²) < 4.78 is 33.0. The first-order valence-corrected chi connectivity index (χ1v) is 10.5. The first-order valence-electron chi connectivity index (χ1n) is 9.10. The molecule has 1 fully saturated rings. The molecule has 1 aromatic rings. The Hall–Kier alpha value is -1.68. The zero-order chi connectivity index (χ0) is 20.0. The number of rotatable bonds is 8. The molecule has 9 heteroatoms. The summed E-state index contributed by atoms with van der Waals surface area (Å²) in [6, 6.07) is 5.60. The molecule has 0 aliphatic carbocycles. The maximum Gasteiger partial charge on any atom is 0.279 e. The number of anilines is 1. The summed E-state index contributed by atoms with van der Waals surface area (Å²) in [6.07, 6.45) is 1.02. The minimum Gasteiger partial charge on any atom is -0.492 e. The normalized spacial score (nSPS) is 16.5. The molecule has 2 rings (SSSR count). The Bertz CT molecular complexity index is 744. The summed E-state index contributed by atoms with van der Waals surface area (Å²) in [5.41, 5.74) is 1.69. The van der Waals surface area contributed by atoms with E-state index < -0.39 is 10.2 Å². The van der Waals surface area contributed by atoms with Gasteiger partial charge < -0.3 is 15.0 Å². The van der Waals surface area contributed by atoms with Crippen molar-refractivity contribution in [1.29, 1.82) is 0 Å². The van der Waals surface area contributed by atoms with Gasteiger partial charge in [-0.1, -0.05) is 0 Å². The van der Waals surface area contributed by atoms with Crippen molar-refractivity contribution in [3.63, 3.8) is 0 Å². The molecule has 1 saturated heterocycles. The molecule has 0 saturated carbocycles. The number of nitrogens with zero attached hydrogens (tertiary/aromatic N) is 2. The van der Waals surface area contributed by atoms with Crippen LogP contribution in [-0.2, 0) is 15.0 Å². The van der Waals surface area contributed by atoms with Gasteiger partial charge in [0.05, 0.1) is 0 Å². The van der Waals surface area contributed by atoms with E-state index >= 15 is 0 Å². The fourth-order valence-electron chi connectivity index (χ4n) is 2.93. The molecule has 1 heterocycles. The molecule has 0 bridgehead atoms. The number of carbonyl (C=O) groups is 1. The number of nitrogens with one attached hydrogen (secondary N) is 2. The molecule has 152 valence electrons. The molecule has 0 spiro atoms. The fraction of sp³-hybridized carbons (Fsp3) is 0.611. The zero-order valence-electron chi connectivity index (χ0n) is 16.5. The number of amides is 1. The largest absolute Gasteiger partial charge is 0.492 e. The van der Waals surface area contributed by atoms with E-state index in [9.17, 15) is 13.2 Å². The first kappa shape index (κ1) is 21.6. The molecule has 2 N–H and O–H groups in total. The van der Waals surface area contributed by atoms with E-state index in [1.54, 1.807) is 0 Å². The number of ether oxygens (including phenoxy) is 1. The lowest BCUT2D eigenvalue weighted by atomic mass is 9.97. The molecule has 0 aromatic heterocycles. The maximum atomic E-state index is 12.5. The van der Waals surface area contributed by atoms with E-state index in [1.165, 1.54) is 11.4 Å². The number of likely N-dealkylation sites (N-methyl/N-ethyl adjacent to an activating group) is 1. The summed E-state index contributed by atoms with van der Waals surface area (Å²) in [5.74, 6) is 0.516. The molecule has 1 aliphatic rings. The number of aryl methyl sites for hydroxylation is 1. The van der Waals surface area contributed by atoms with Crippen LogP contribution in [0.2, 0.25) is 0 Å². The molecular formula is C18H30N4O4S. The molecule has 0 radical (unpaired) electrons. The smallest absolute Gasteiger partial charge is 0.279 e. The second-order valence-electron chi connectivity index (χ2n) is 7.00. The van der Waals surface area contributed by atoms with E-state index in [1.807, 2.05) is 39.2 Å². The van der Waals surface area contributed by atoms with Crippen LogP contribution in [-0.4, -0.2) is 70.9 Å². The third-order valence-electron chi connectivity index (χ3n) is 4.69. The highest BCUT2D eigenvalue weighted by molar-refractivity contribution is 7.87. The molecule has 0 unspecified atom stereocenters. The van der Waals surface area contributed by atoms with Gasteiger partial charge in [0.2, 0.25) is 5.91 Å². The minimum absolute atomic E-state index is 0.0686. The van der Waals surface area contributed by atoms with E-state index in [2.05, 4.69) is 14.9 Å². The SMILES string of the molecule is CNS(=O)(=O)N1CCC(C(=O)Nc2ccc(OCCN(C)C)cc2C)CC1. The average Bonchev–Trinajstić information content (AvgIpc) is 2.63. The number of benzene rings is 1. The van der Waals surface area contributed by atoms with Gasteiger partial charge in [0, 0.05) is 38.3 Å². The summed E-state index contributed by atoms with van der Waals surface area (Å²) >= 11 is 0. The van der Waals surface area contributed by atoms with Crippen LogP contribution >= 0.6 is 0 Å². The Morgan fingerprint density at radius 1 is 1.30 bits per heavy atom. The van der Waals surface area contributed by atoms with Crippen molar-refractivity contribution in [2.75, 3.05) is 52.7 Å². The van der Waals surface area contributed by atoms with Crippen molar-refractivity contribution in [2.24, 2.45) is 5.92 Å². The lowest BCUT2D eigenvalue weighted by Crippen LogP contribution is -2.45. The van der Waals surface area contributed by atoms with Gasteiger partial charge in [0.15, 0.2) is 0 Å². The molecule has 1 amide bonds. The lowest BCUT2D eigenvalue weighted by Gasteiger charge is -2.30. The van der Waals surface area contributed by atoms with E-state index in [4.69, 9.17) is 4.74 Å². The van der Waals surface area contributed by atoms with Gasteiger partial charge in [-0.2, -0.15) is 12.7 Å². The van der Waals surface area contributed by atoms with Crippen molar-refractivity contribution in [1.82, 2.24) is 13.9 Å². The highest BCUT2D eigenvalue weighted by atomic mass is 32.2. The Kier molecular flexibility index (Phi) is 7.60. The lowest BCUT2D eigenvalue weighted by molar-refractivity contribution is -0.120. The Morgan fingerprint density at radius 3 is 2.52 bits per heavy atom. The molecule has 1 aromatic carbocycles. The summed E-state index contributed by atoms with van der Waals surface area (Å²) in [7, 11) is 1.96. The summed E-state index contributed by atoms with van der Waals surface area (Å²) in [6.45, 7) is 4.06. The van der Waals surface area contributed by atoms with E-state index in [0.717, 1.165) is 23.5 Å². The monoisotopic (exact) mass is 398 g/mol. The van der Waals surface area contributed by atoms with Crippen LogP contribution in [0.5, 0.6) is 5.75 Å². The Labute approximate surface area is 162 Å². The van der Waals surface area contributed by atoms with Crippen molar-refractivity contribution in [2.45, 2.75) is 19.8 Å². The zero-order valence-corrected chi connectivity index (χ0v) is 17.3. The molecular weight excluding hydrogens is 368 g/mol. The average molecular weight is 399 g/mol. The summed E-state index contributed by atoms with van der Waals surface area (Å²) in [5, 5.41) is 2.96. The number of hydrogen-bond donors (Lipinski definition) is 2. The van der Waals surface area contributed by atoms with Gasteiger partial charge in [0.25, 0.3) is 10.2 Å². The highest BCUT2D eigenvalue weighted by Gasteiger charge is 2.30. The second kappa shape index (κ2) is 9.50. The highest BCUT2D eigenvalue weighted by Crippen LogP contribution is 2.24. The number of hydrogen-bond acceptors (Lipinski definition) is 5. The van der Waals surface area contributed by atoms with Crippen molar-refractivity contribution in [3.8, 4) is 5.75 Å². The van der Waals surface area contributed by atoms with Crippen LogP contribution < -0.4 is 14.8 Å². The molecule has 8 nitrogen and oxygen atoms in total. The van der Waals surface area contributed by atoms with Gasteiger partial charge in [-0.3, -0.25) is 4.79 Å². The van der Waals surface area contributed by atoms with Gasteiger partial charge in [-0.25, -0.2) is 4.72 Å². The van der Waals surface area contributed by atoms with Gasteiger partial charge in [0.1, 0.15) is 12.4 Å². The third kappa shape index (κ3) is 6.17. The van der Waals surface area contributed by atoms with Crippen LogP contribution in [0.15, 0.2) is 18.2 Å². The van der Waals surface area contributed by atoms with E-state index in [-0.39, 0.29) is 11.8 Å². The standard InChI is InChI=1S/C18H30N4O4S/c1-14-13-16(26-12-11-21(3)4)5-6-17(14)20-18(23)15-7-9-22(10-8-15)27(24,25)19-2/h5-6,13,15,19H,7-12H2,1-4H3,(H,20,23). The quantitative estimate of drug-likeness (QED) is 0.683. The van der Waals surface area contributed by atoms with Crippen molar-refractivity contribution < 1.29 is 17.9 Å².